The Bertz CT molecular complexity index is 531. The smallest absolute Gasteiger partial charge is 0.221 e. The van der Waals surface area contributed by atoms with Gasteiger partial charge in [-0.3, -0.25) is 9.69 Å². The van der Waals surface area contributed by atoms with Crippen LogP contribution in [0.5, 0.6) is 0 Å². The molecule has 3 rings (SSSR count). The van der Waals surface area contributed by atoms with Gasteiger partial charge >= 0.3 is 0 Å². The molecule has 1 saturated carbocycles. The second kappa shape index (κ2) is 6.69. The Morgan fingerprint density at radius 1 is 1.18 bits per heavy atom. The molecule has 22 heavy (non-hydrogen) atoms. The molecular weight excluding hydrogens is 274 g/mol. The van der Waals surface area contributed by atoms with Crippen LogP contribution in [0.3, 0.4) is 0 Å². The molecule has 4 heteroatoms. The molecule has 4 nitrogen and oxygen atoms in total. The number of hydrogen-bond donors (Lipinski definition) is 1. The maximum atomic E-state index is 11.8. The molecule has 1 aliphatic carbocycles. The Morgan fingerprint density at radius 3 is 2.59 bits per heavy atom. The summed E-state index contributed by atoms with van der Waals surface area (Å²) in [7, 11) is 0. The summed E-state index contributed by atoms with van der Waals surface area (Å²) in [5.74, 6) is 0.222. The molecule has 0 atom stereocenters. The van der Waals surface area contributed by atoms with Gasteiger partial charge in [0.1, 0.15) is 0 Å². The summed E-state index contributed by atoms with van der Waals surface area (Å²) in [6.07, 6.45) is 2.97. The summed E-state index contributed by atoms with van der Waals surface area (Å²) in [5.41, 5.74) is 4.11. The van der Waals surface area contributed by atoms with Crippen molar-refractivity contribution >= 4 is 11.6 Å². The third-order valence-electron chi connectivity index (χ3n) is 4.89. The van der Waals surface area contributed by atoms with Crippen molar-refractivity contribution < 1.29 is 4.79 Å². The Morgan fingerprint density at radius 2 is 1.91 bits per heavy atom. The number of rotatable bonds is 5. The first-order valence-corrected chi connectivity index (χ1v) is 8.46. The van der Waals surface area contributed by atoms with Crippen molar-refractivity contribution in [1.82, 2.24) is 10.2 Å². The predicted molar refractivity (Wildman–Crippen MR) is 90.4 cm³/mol. The molecule has 2 aliphatic rings. The van der Waals surface area contributed by atoms with Crippen LogP contribution in [0.1, 0.15) is 30.4 Å². The Hall–Kier alpha value is -1.55. The zero-order valence-corrected chi connectivity index (χ0v) is 13.8. The maximum Gasteiger partial charge on any atom is 0.221 e. The Kier molecular flexibility index (Phi) is 4.67. The fourth-order valence-electron chi connectivity index (χ4n) is 3.08. The number of nitrogens with one attached hydrogen (secondary N) is 1. The molecule has 1 amide bonds. The van der Waals surface area contributed by atoms with E-state index in [9.17, 15) is 4.79 Å². The van der Waals surface area contributed by atoms with E-state index in [1.165, 1.54) is 29.7 Å². The van der Waals surface area contributed by atoms with Gasteiger partial charge < -0.3 is 10.2 Å². The van der Waals surface area contributed by atoms with E-state index < -0.39 is 0 Å². The van der Waals surface area contributed by atoms with Crippen molar-refractivity contribution in [2.75, 3.05) is 37.6 Å². The molecule has 1 aliphatic heterocycles. The molecule has 2 fully saturated rings. The third kappa shape index (κ3) is 3.80. The molecular formula is C18H27N3O. The van der Waals surface area contributed by atoms with Gasteiger partial charge in [-0.2, -0.15) is 0 Å². The van der Waals surface area contributed by atoms with E-state index in [1.54, 1.807) is 0 Å². The summed E-state index contributed by atoms with van der Waals surface area (Å²) in [6, 6.07) is 7.02. The molecule has 1 aromatic carbocycles. The molecule has 0 bridgehead atoms. The summed E-state index contributed by atoms with van der Waals surface area (Å²) >= 11 is 0. The van der Waals surface area contributed by atoms with Crippen molar-refractivity contribution in [3.05, 3.63) is 29.3 Å². The van der Waals surface area contributed by atoms with E-state index in [4.69, 9.17) is 0 Å². The van der Waals surface area contributed by atoms with Crippen LogP contribution in [0.15, 0.2) is 18.2 Å². The minimum Gasteiger partial charge on any atom is -0.369 e. The van der Waals surface area contributed by atoms with Crippen molar-refractivity contribution in [3.63, 3.8) is 0 Å². The third-order valence-corrected chi connectivity index (χ3v) is 4.89. The average Bonchev–Trinajstić information content (AvgIpc) is 3.33. The van der Waals surface area contributed by atoms with Crippen LogP contribution in [-0.2, 0) is 4.79 Å². The fourth-order valence-corrected chi connectivity index (χ4v) is 3.08. The maximum absolute atomic E-state index is 11.8. The number of carbonyl (C=O) groups excluding carboxylic acids is 1. The standard InChI is InChI=1S/C18H27N3O/c1-14-4-3-5-17(15(14)2)21-12-10-20(11-13-21)9-8-18(22)19-16-6-7-16/h3-5,16H,6-13H2,1-2H3,(H,19,22). The average molecular weight is 301 g/mol. The second-order valence-electron chi connectivity index (χ2n) is 6.64. The molecule has 0 aromatic heterocycles. The lowest BCUT2D eigenvalue weighted by molar-refractivity contribution is -0.121. The highest BCUT2D eigenvalue weighted by Crippen LogP contribution is 2.24. The number of nitrogens with zero attached hydrogens (tertiary/aromatic N) is 2. The van der Waals surface area contributed by atoms with Crippen LogP contribution in [0.25, 0.3) is 0 Å². The predicted octanol–water partition coefficient (Wildman–Crippen LogP) is 2.09. The van der Waals surface area contributed by atoms with Crippen LogP contribution in [-0.4, -0.2) is 49.6 Å². The highest BCUT2D eigenvalue weighted by atomic mass is 16.1. The minimum atomic E-state index is 0.222. The highest BCUT2D eigenvalue weighted by molar-refractivity contribution is 5.76. The normalized spacial score (nSPS) is 19.3. The molecule has 0 radical (unpaired) electrons. The van der Waals surface area contributed by atoms with Crippen LogP contribution < -0.4 is 10.2 Å². The lowest BCUT2D eigenvalue weighted by Crippen LogP contribution is -2.47. The van der Waals surface area contributed by atoms with Gasteiger partial charge in [0.2, 0.25) is 5.91 Å². The zero-order chi connectivity index (χ0) is 15.5. The first-order chi connectivity index (χ1) is 10.6. The lowest BCUT2D eigenvalue weighted by atomic mass is 10.1. The number of carbonyl (C=O) groups is 1. The van der Waals surface area contributed by atoms with Gasteiger partial charge in [-0.15, -0.1) is 0 Å². The number of aryl methyl sites for hydroxylation is 1. The second-order valence-corrected chi connectivity index (χ2v) is 6.64. The summed E-state index contributed by atoms with van der Waals surface area (Å²) in [5, 5.41) is 3.07. The Balaban J connectivity index is 1.45. The van der Waals surface area contributed by atoms with Crippen LogP contribution >= 0.6 is 0 Å². The van der Waals surface area contributed by atoms with Gasteiger partial charge in [0.15, 0.2) is 0 Å². The van der Waals surface area contributed by atoms with E-state index in [1.807, 2.05) is 0 Å². The van der Waals surface area contributed by atoms with E-state index in [0.29, 0.717) is 12.5 Å². The largest absolute Gasteiger partial charge is 0.369 e. The van der Waals surface area contributed by atoms with Crippen molar-refractivity contribution in [2.24, 2.45) is 0 Å². The quantitative estimate of drug-likeness (QED) is 0.904. The van der Waals surface area contributed by atoms with Crippen molar-refractivity contribution in [3.8, 4) is 0 Å². The molecule has 0 spiro atoms. The lowest BCUT2D eigenvalue weighted by Gasteiger charge is -2.37. The van der Waals surface area contributed by atoms with E-state index in [-0.39, 0.29) is 5.91 Å². The van der Waals surface area contributed by atoms with E-state index in [0.717, 1.165) is 32.7 Å². The molecule has 0 unspecified atom stereocenters. The minimum absolute atomic E-state index is 0.222. The van der Waals surface area contributed by atoms with Crippen LogP contribution in [0.2, 0.25) is 0 Å². The highest BCUT2D eigenvalue weighted by Gasteiger charge is 2.24. The number of amides is 1. The first kappa shape index (κ1) is 15.3. The molecule has 1 aromatic rings. The van der Waals surface area contributed by atoms with Gasteiger partial charge in [0, 0.05) is 50.9 Å². The van der Waals surface area contributed by atoms with Crippen LogP contribution in [0, 0.1) is 13.8 Å². The number of hydrogen-bond acceptors (Lipinski definition) is 3. The molecule has 120 valence electrons. The number of benzene rings is 1. The van der Waals surface area contributed by atoms with E-state index >= 15 is 0 Å². The van der Waals surface area contributed by atoms with Crippen molar-refractivity contribution in [2.45, 2.75) is 39.2 Å². The van der Waals surface area contributed by atoms with Gasteiger partial charge in [-0.05, 0) is 43.9 Å². The van der Waals surface area contributed by atoms with Gasteiger partial charge in [-0.25, -0.2) is 0 Å². The SMILES string of the molecule is Cc1cccc(N2CCN(CCC(=O)NC3CC3)CC2)c1C. The van der Waals surface area contributed by atoms with Gasteiger partial charge in [-0.1, -0.05) is 12.1 Å². The fraction of sp³-hybridized carbons (Fsp3) is 0.611. The number of piperazine rings is 1. The molecule has 1 saturated heterocycles. The van der Waals surface area contributed by atoms with Gasteiger partial charge in [0.05, 0.1) is 0 Å². The van der Waals surface area contributed by atoms with Gasteiger partial charge in [0.25, 0.3) is 0 Å². The summed E-state index contributed by atoms with van der Waals surface area (Å²) in [6.45, 7) is 9.46. The molecule has 1 N–H and O–H groups in total. The first-order valence-electron chi connectivity index (χ1n) is 8.46. The van der Waals surface area contributed by atoms with E-state index in [2.05, 4.69) is 47.2 Å². The zero-order valence-electron chi connectivity index (χ0n) is 13.8. The van der Waals surface area contributed by atoms with Crippen LogP contribution in [0.4, 0.5) is 5.69 Å². The topological polar surface area (TPSA) is 35.6 Å². The number of anilines is 1. The monoisotopic (exact) mass is 301 g/mol. The summed E-state index contributed by atoms with van der Waals surface area (Å²) in [4.78, 5) is 16.6. The Labute approximate surface area is 133 Å². The summed E-state index contributed by atoms with van der Waals surface area (Å²) < 4.78 is 0. The van der Waals surface area contributed by atoms with Crippen molar-refractivity contribution in [1.29, 1.82) is 0 Å². The molecule has 1 heterocycles.